The normalized spacial score (nSPS) is 11.3. The van der Waals surface area contributed by atoms with E-state index in [4.69, 9.17) is 21.5 Å². The molecule has 0 spiro atoms. The van der Waals surface area contributed by atoms with Gasteiger partial charge in [-0.1, -0.05) is 30.3 Å². The second-order valence-electron chi connectivity index (χ2n) is 5.63. The molecule has 2 N–H and O–H groups in total. The predicted octanol–water partition coefficient (Wildman–Crippen LogP) is 4.96. The first-order valence-corrected chi connectivity index (χ1v) is 8.87. The van der Waals surface area contributed by atoms with Crippen molar-refractivity contribution in [2.75, 3.05) is 0 Å². The van der Waals surface area contributed by atoms with Gasteiger partial charge in [-0.3, -0.25) is 15.3 Å². The molecule has 2 aromatic rings. The molecule has 0 unspecified atom stereocenters. The summed E-state index contributed by atoms with van der Waals surface area (Å²) in [5, 5.41) is 17.5. The summed E-state index contributed by atoms with van der Waals surface area (Å²) in [4.78, 5) is 14.8. The summed E-state index contributed by atoms with van der Waals surface area (Å²) in [6, 6.07) is 10.3. The van der Waals surface area contributed by atoms with Gasteiger partial charge in [0.1, 0.15) is 5.75 Å². The van der Waals surface area contributed by atoms with E-state index in [-0.39, 0.29) is 10.9 Å². The molecule has 8 heteroatoms. The Bertz CT molecular complexity index is 843. The lowest BCUT2D eigenvalue weighted by Crippen LogP contribution is -2.10. The minimum Gasteiger partial charge on any atom is -0.432 e. The van der Waals surface area contributed by atoms with Gasteiger partial charge in [-0.2, -0.15) is 0 Å². The first kappa shape index (κ1) is 20.0. The molecule has 0 radical (unpaired) electrons. The molecule has 0 aliphatic rings. The summed E-state index contributed by atoms with van der Waals surface area (Å²) in [7, 11) is 0. The van der Waals surface area contributed by atoms with E-state index < -0.39 is 4.92 Å². The van der Waals surface area contributed by atoms with Gasteiger partial charge in [-0.05, 0) is 42.7 Å². The lowest BCUT2D eigenvalue weighted by atomic mass is 10.1. The number of halogens is 1. The molecule has 26 heavy (non-hydrogen) atoms. The third-order valence-corrected chi connectivity index (χ3v) is 4.15. The number of allylic oxidation sites excluding steroid dienone is 1. The number of hydrogen-bond acceptors (Lipinski definition) is 6. The Morgan fingerprint density at radius 2 is 1.88 bits per heavy atom. The van der Waals surface area contributed by atoms with E-state index >= 15 is 0 Å². The van der Waals surface area contributed by atoms with Crippen LogP contribution in [0.4, 0.5) is 5.69 Å². The van der Waals surface area contributed by atoms with E-state index in [0.29, 0.717) is 34.0 Å². The number of nitrogens with two attached hydrogens (primary N) is 1. The highest BCUT2D eigenvalue weighted by molar-refractivity contribution is 8.11. The number of nitrogens with zero attached hydrogens (tertiary/aromatic N) is 2. The lowest BCUT2D eigenvalue weighted by Gasteiger charge is -2.12. The minimum atomic E-state index is -0.440. The van der Waals surface area contributed by atoms with Crippen LogP contribution in [0, 0.1) is 24.0 Å². The van der Waals surface area contributed by atoms with Crippen molar-refractivity contribution in [3.63, 3.8) is 0 Å². The molecule has 0 saturated carbocycles. The molecule has 0 amide bonds. The molecule has 2 rings (SSSR count). The zero-order chi connectivity index (χ0) is 19.3. The van der Waals surface area contributed by atoms with Gasteiger partial charge in [0.15, 0.2) is 0 Å². The zero-order valence-electron chi connectivity index (χ0n) is 14.4. The number of aryl methyl sites for hydroxylation is 2. The van der Waals surface area contributed by atoms with Crippen molar-refractivity contribution >= 4 is 34.5 Å². The Hall–Kier alpha value is -2.35. The molecule has 0 fully saturated rings. The van der Waals surface area contributed by atoms with Crippen LogP contribution in [0.1, 0.15) is 16.7 Å². The fraction of sp³-hybridized carbons (Fsp3) is 0.167. The maximum atomic E-state index is 10.9. The van der Waals surface area contributed by atoms with Gasteiger partial charge in [0.25, 0.3) is 10.9 Å². The number of benzene rings is 2. The van der Waals surface area contributed by atoms with Gasteiger partial charge in [-0.25, -0.2) is 4.99 Å². The van der Waals surface area contributed by atoms with Crippen molar-refractivity contribution in [1.82, 2.24) is 0 Å². The summed E-state index contributed by atoms with van der Waals surface area (Å²) in [5.41, 5.74) is 2.84. The van der Waals surface area contributed by atoms with Crippen molar-refractivity contribution in [2.45, 2.75) is 20.3 Å². The summed E-state index contributed by atoms with van der Waals surface area (Å²) in [5.74, 6) is 0.492. The Kier molecular flexibility index (Phi) is 6.79. The lowest BCUT2D eigenvalue weighted by molar-refractivity contribution is -0.385. The van der Waals surface area contributed by atoms with Crippen molar-refractivity contribution < 1.29 is 9.66 Å². The van der Waals surface area contributed by atoms with E-state index in [1.54, 1.807) is 26.0 Å². The summed E-state index contributed by atoms with van der Waals surface area (Å²) in [6.45, 7) is 7.39. The summed E-state index contributed by atoms with van der Waals surface area (Å²) < 4.78 is 5.77. The average molecular weight is 392 g/mol. The van der Waals surface area contributed by atoms with E-state index in [1.165, 1.54) is 12.1 Å². The Balaban J connectivity index is 2.18. The second kappa shape index (κ2) is 8.84. The maximum absolute atomic E-state index is 10.9. The molecule has 0 aliphatic heterocycles. The van der Waals surface area contributed by atoms with Gasteiger partial charge in [0.2, 0.25) is 0 Å². The van der Waals surface area contributed by atoms with Crippen molar-refractivity contribution in [1.29, 1.82) is 0 Å². The van der Waals surface area contributed by atoms with Crippen LogP contribution in [0.5, 0.6) is 5.75 Å². The van der Waals surface area contributed by atoms with Crippen LogP contribution in [0.25, 0.3) is 0 Å². The molecule has 0 atom stereocenters. The first-order valence-electron chi connectivity index (χ1n) is 7.61. The smallest absolute Gasteiger partial charge is 0.271 e. The van der Waals surface area contributed by atoms with Gasteiger partial charge in [0, 0.05) is 41.2 Å². The number of hydrogen-bond donors (Lipinski definition) is 1. The largest absolute Gasteiger partial charge is 0.432 e. The van der Waals surface area contributed by atoms with Gasteiger partial charge < -0.3 is 4.74 Å². The Morgan fingerprint density at radius 1 is 1.31 bits per heavy atom. The van der Waals surface area contributed by atoms with Crippen LogP contribution >= 0.6 is 23.5 Å². The van der Waals surface area contributed by atoms with Crippen LogP contribution in [0.3, 0.4) is 0 Å². The molecule has 0 aromatic heterocycles. The average Bonchev–Trinajstić information content (AvgIpc) is 2.58. The van der Waals surface area contributed by atoms with Gasteiger partial charge >= 0.3 is 0 Å². The number of non-ortho nitro benzene ring substituents is 1. The number of ether oxygens (including phenoxy) is 1. The highest BCUT2D eigenvalue weighted by Gasteiger charge is 2.15. The number of nitro benzene ring substituents is 1. The van der Waals surface area contributed by atoms with Crippen LogP contribution in [-0.2, 0) is 6.42 Å². The van der Waals surface area contributed by atoms with Crippen molar-refractivity contribution in [3.8, 4) is 5.75 Å². The van der Waals surface area contributed by atoms with E-state index in [0.717, 1.165) is 17.5 Å². The highest BCUT2D eigenvalue weighted by Crippen LogP contribution is 2.29. The molecule has 136 valence electrons. The SMILES string of the molecule is C=C(Cc1ccc(Cl)cc1)/N=C(/Oc1c(C)cc([N+](=O)[O-])cc1C)SN. The molecular weight excluding hydrogens is 374 g/mol. The van der Waals surface area contributed by atoms with Crippen LogP contribution in [-0.4, -0.2) is 10.2 Å². The van der Waals surface area contributed by atoms with Crippen molar-refractivity contribution in [3.05, 3.63) is 80.5 Å². The third-order valence-electron chi connectivity index (χ3n) is 3.52. The van der Waals surface area contributed by atoms with Crippen molar-refractivity contribution in [2.24, 2.45) is 10.1 Å². The minimum absolute atomic E-state index is 0.0124. The molecule has 0 aliphatic carbocycles. The molecule has 0 saturated heterocycles. The third kappa shape index (κ3) is 5.32. The molecule has 0 heterocycles. The van der Waals surface area contributed by atoms with Crippen LogP contribution < -0.4 is 9.88 Å². The van der Waals surface area contributed by atoms with E-state index in [2.05, 4.69) is 11.6 Å². The predicted molar refractivity (Wildman–Crippen MR) is 107 cm³/mol. The van der Waals surface area contributed by atoms with Crippen LogP contribution in [0.2, 0.25) is 5.02 Å². The van der Waals surface area contributed by atoms with E-state index in [1.807, 2.05) is 12.1 Å². The molecule has 6 nitrogen and oxygen atoms in total. The topological polar surface area (TPSA) is 90.8 Å². The number of nitro groups is 1. The number of rotatable bonds is 5. The van der Waals surface area contributed by atoms with Crippen LogP contribution in [0.15, 0.2) is 53.7 Å². The standard InChI is InChI=1S/C18H18ClN3O3S/c1-11-8-16(22(23)24)9-12(2)17(11)25-18(26-20)21-13(3)10-14-4-6-15(19)7-5-14/h4-9H,3,10,20H2,1-2H3/b21-18-. The summed E-state index contributed by atoms with van der Waals surface area (Å²) in [6.07, 6.45) is 0.517. The molecule has 0 bridgehead atoms. The monoisotopic (exact) mass is 391 g/mol. The van der Waals surface area contributed by atoms with Gasteiger partial charge in [-0.15, -0.1) is 0 Å². The fourth-order valence-corrected chi connectivity index (χ4v) is 2.80. The molecule has 2 aromatic carbocycles. The molecular formula is C18H18ClN3O3S. The Labute approximate surface area is 161 Å². The van der Waals surface area contributed by atoms with Gasteiger partial charge in [0.05, 0.1) is 4.92 Å². The first-order chi connectivity index (χ1) is 12.3. The summed E-state index contributed by atoms with van der Waals surface area (Å²) >= 11 is 6.72. The quantitative estimate of drug-likeness (QED) is 0.255. The fourth-order valence-electron chi connectivity index (χ4n) is 2.36. The highest BCUT2D eigenvalue weighted by atomic mass is 35.5. The zero-order valence-corrected chi connectivity index (χ0v) is 15.9. The Morgan fingerprint density at radius 3 is 2.38 bits per heavy atom. The maximum Gasteiger partial charge on any atom is 0.271 e. The second-order valence-corrected chi connectivity index (χ2v) is 6.65. The van der Waals surface area contributed by atoms with E-state index in [9.17, 15) is 10.1 Å². The number of aliphatic imine (C=N–C) groups is 1.